The van der Waals surface area contributed by atoms with Crippen LogP contribution in [0.4, 0.5) is 17.2 Å². The third-order valence-corrected chi connectivity index (χ3v) is 4.57. The van der Waals surface area contributed by atoms with Crippen LogP contribution in [-0.4, -0.2) is 33.8 Å². The summed E-state index contributed by atoms with van der Waals surface area (Å²) in [4.78, 5) is 41.1. The van der Waals surface area contributed by atoms with Crippen molar-refractivity contribution in [2.45, 2.75) is 6.92 Å². The van der Waals surface area contributed by atoms with E-state index in [1.807, 2.05) is 13.0 Å². The molecule has 1 aromatic carbocycles. The van der Waals surface area contributed by atoms with Crippen LogP contribution in [0, 0.1) is 17.0 Å². The topological polar surface area (TPSA) is 110 Å². The molecule has 10 heteroatoms. The number of hydrogen-bond donors (Lipinski definition) is 1. The fraction of sp³-hybridized carbons (Fsp3) is 0.167. The molecule has 1 amide bonds. The SMILES string of the molecule is Cc1cc(Br)ccc1NC(=O)CN(C)c1nc2ccccn2c(=O)c1[N+](=O)[O-]. The van der Waals surface area contributed by atoms with Crippen LogP contribution >= 0.6 is 15.9 Å². The molecule has 0 saturated carbocycles. The molecule has 144 valence electrons. The lowest BCUT2D eigenvalue weighted by molar-refractivity contribution is -0.385. The summed E-state index contributed by atoms with van der Waals surface area (Å²) in [6.07, 6.45) is 1.41. The Labute approximate surface area is 167 Å². The molecule has 1 N–H and O–H groups in total. The number of carbonyl (C=O) groups is 1. The Balaban J connectivity index is 1.91. The number of nitro groups is 1. The van der Waals surface area contributed by atoms with Gasteiger partial charge in [-0.15, -0.1) is 0 Å². The van der Waals surface area contributed by atoms with Crippen molar-refractivity contribution in [2.75, 3.05) is 23.8 Å². The number of benzene rings is 1. The van der Waals surface area contributed by atoms with Gasteiger partial charge in [0.05, 0.1) is 11.5 Å². The first-order valence-corrected chi connectivity index (χ1v) is 9.00. The van der Waals surface area contributed by atoms with Gasteiger partial charge in [0.25, 0.3) is 0 Å². The number of amides is 1. The molecule has 3 aromatic rings. The normalized spacial score (nSPS) is 10.7. The number of likely N-dealkylation sites (N-methyl/N-ethyl adjacent to an activating group) is 1. The first-order valence-electron chi connectivity index (χ1n) is 8.21. The smallest absolute Gasteiger partial charge is 0.344 e. The quantitative estimate of drug-likeness (QED) is 0.477. The van der Waals surface area contributed by atoms with Gasteiger partial charge in [0.2, 0.25) is 11.7 Å². The molecule has 0 fully saturated rings. The molecule has 2 heterocycles. The molecule has 9 nitrogen and oxygen atoms in total. The standard InChI is InChI=1S/C18H16BrN5O4/c1-11-9-12(19)6-7-13(11)20-15(25)10-22(2)17-16(24(27)28)18(26)23-8-4-3-5-14(23)21-17/h3-9H,10H2,1-2H3,(H,20,25). The maximum absolute atomic E-state index is 12.5. The number of halogens is 1. The van der Waals surface area contributed by atoms with Gasteiger partial charge in [-0.25, -0.2) is 4.98 Å². The van der Waals surface area contributed by atoms with E-state index in [9.17, 15) is 19.7 Å². The molecule has 0 aliphatic heterocycles. The lowest BCUT2D eigenvalue weighted by Crippen LogP contribution is -2.33. The van der Waals surface area contributed by atoms with E-state index >= 15 is 0 Å². The van der Waals surface area contributed by atoms with Gasteiger partial charge >= 0.3 is 11.2 Å². The summed E-state index contributed by atoms with van der Waals surface area (Å²) in [5, 5.41) is 14.2. The van der Waals surface area contributed by atoms with Gasteiger partial charge in [-0.3, -0.25) is 24.1 Å². The van der Waals surface area contributed by atoms with Gasteiger partial charge < -0.3 is 10.2 Å². The van der Waals surface area contributed by atoms with Gasteiger partial charge in [0.15, 0.2) is 0 Å². The third-order valence-electron chi connectivity index (χ3n) is 4.08. The predicted molar refractivity (Wildman–Crippen MR) is 109 cm³/mol. The van der Waals surface area contributed by atoms with Crippen molar-refractivity contribution in [1.29, 1.82) is 0 Å². The van der Waals surface area contributed by atoms with Crippen LogP contribution in [0.25, 0.3) is 5.65 Å². The van der Waals surface area contributed by atoms with Crippen molar-refractivity contribution < 1.29 is 9.72 Å². The summed E-state index contributed by atoms with van der Waals surface area (Å²) in [5.41, 5.74) is 0.255. The van der Waals surface area contributed by atoms with Crippen molar-refractivity contribution in [3.05, 3.63) is 73.1 Å². The second-order valence-electron chi connectivity index (χ2n) is 6.14. The third kappa shape index (κ3) is 3.86. The zero-order valence-corrected chi connectivity index (χ0v) is 16.6. The van der Waals surface area contributed by atoms with E-state index in [0.717, 1.165) is 14.4 Å². The molecule has 28 heavy (non-hydrogen) atoms. The fourth-order valence-corrected chi connectivity index (χ4v) is 3.22. The Hall–Kier alpha value is -3.27. The van der Waals surface area contributed by atoms with Gasteiger partial charge in [0, 0.05) is 23.4 Å². The average Bonchev–Trinajstić information content (AvgIpc) is 2.63. The van der Waals surface area contributed by atoms with Crippen LogP contribution in [0.1, 0.15) is 5.56 Å². The van der Waals surface area contributed by atoms with Gasteiger partial charge in [-0.2, -0.15) is 0 Å². The summed E-state index contributed by atoms with van der Waals surface area (Å²) in [6, 6.07) is 10.2. The number of hydrogen-bond acceptors (Lipinski definition) is 6. The van der Waals surface area contributed by atoms with E-state index in [0.29, 0.717) is 5.69 Å². The van der Waals surface area contributed by atoms with Crippen LogP contribution in [0.2, 0.25) is 0 Å². The van der Waals surface area contributed by atoms with Crippen molar-refractivity contribution >= 4 is 44.7 Å². The van der Waals surface area contributed by atoms with Gasteiger partial charge in [-0.05, 0) is 42.8 Å². The van der Waals surface area contributed by atoms with E-state index < -0.39 is 22.1 Å². The van der Waals surface area contributed by atoms with Crippen molar-refractivity contribution in [2.24, 2.45) is 0 Å². The van der Waals surface area contributed by atoms with Gasteiger partial charge in [0.1, 0.15) is 5.65 Å². The van der Waals surface area contributed by atoms with Crippen LogP contribution in [0.15, 0.2) is 51.9 Å². The maximum atomic E-state index is 12.5. The highest BCUT2D eigenvalue weighted by Crippen LogP contribution is 2.23. The first kappa shape index (κ1) is 19.5. The number of aryl methyl sites for hydroxylation is 1. The van der Waals surface area contributed by atoms with E-state index in [1.165, 1.54) is 18.1 Å². The summed E-state index contributed by atoms with van der Waals surface area (Å²) in [7, 11) is 1.47. The molecule has 0 aliphatic carbocycles. The molecular formula is C18H16BrN5O4. The average molecular weight is 446 g/mol. The number of nitrogens with one attached hydrogen (secondary N) is 1. The molecule has 0 spiro atoms. The summed E-state index contributed by atoms with van der Waals surface area (Å²) < 4.78 is 1.98. The molecular weight excluding hydrogens is 430 g/mol. The number of rotatable bonds is 5. The molecule has 0 atom stereocenters. The van der Waals surface area contributed by atoms with Crippen molar-refractivity contribution in [3.63, 3.8) is 0 Å². The molecule has 3 rings (SSSR count). The molecule has 0 radical (unpaired) electrons. The second kappa shape index (κ2) is 7.77. The lowest BCUT2D eigenvalue weighted by Gasteiger charge is -2.18. The first-order chi connectivity index (χ1) is 13.3. The van der Waals surface area contributed by atoms with E-state index in [1.54, 1.807) is 30.3 Å². The monoisotopic (exact) mass is 445 g/mol. The van der Waals surface area contributed by atoms with Crippen LogP contribution in [-0.2, 0) is 4.79 Å². The van der Waals surface area contributed by atoms with Crippen LogP contribution in [0.3, 0.4) is 0 Å². The zero-order chi connectivity index (χ0) is 20.4. The number of fused-ring (bicyclic) bond motifs is 1. The predicted octanol–water partition coefficient (Wildman–Crippen LogP) is 2.75. The minimum Gasteiger partial charge on any atom is -0.344 e. The summed E-state index contributed by atoms with van der Waals surface area (Å²) in [6.45, 7) is 1.63. The highest BCUT2D eigenvalue weighted by atomic mass is 79.9. The number of carbonyl (C=O) groups excluding carboxylic acids is 1. The Morgan fingerprint density at radius 1 is 1.36 bits per heavy atom. The largest absolute Gasteiger partial charge is 0.376 e. The molecule has 0 saturated heterocycles. The second-order valence-corrected chi connectivity index (χ2v) is 7.05. The number of anilines is 2. The Bertz CT molecular complexity index is 1140. The van der Waals surface area contributed by atoms with Crippen LogP contribution < -0.4 is 15.8 Å². The Kier molecular flexibility index (Phi) is 5.41. The minimum absolute atomic E-state index is 0.163. The van der Waals surface area contributed by atoms with E-state index in [2.05, 4.69) is 26.2 Å². The Morgan fingerprint density at radius 2 is 2.11 bits per heavy atom. The van der Waals surface area contributed by atoms with E-state index in [-0.39, 0.29) is 18.0 Å². The van der Waals surface area contributed by atoms with Crippen molar-refractivity contribution in [3.8, 4) is 0 Å². The molecule has 0 unspecified atom stereocenters. The molecule has 2 aromatic heterocycles. The fourth-order valence-electron chi connectivity index (χ4n) is 2.74. The van der Waals surface area contributed by atoms with Crippen LogP contribution in [0.5, 0.6) is 0 Å². The molecule has 0 bridgehead atoms. The minimum atomic E-state index is -0.804. The summed E-state index contributed by atoms with van der Waals surface area (Å²) >= 11 is 3.36. The Morgan fingerprint density at radius 3 is 2.79 bits per heavy atom. The van der Waals surface area contributed by atoms with Gasteiger partial charge in [-0.1, -0.05) is 22.0 Å². The number of pyridine rings is 1. The zero-order valence-electron chi connectivity index (χ0n) is 15.0. The molecule has 0 aliphatic rings. The summed E-state index contributed by atoms with van der Waals surface area (Å²) in [5.74, 6) is -0.554. The number of nitrogens with zero attached hydrogens (tertiary/aromatic N) is 4. The van der Waals surface area contributed by atoms with Crippen molar-refractivity contribution in [1.82, 2.24) is 9.38 Å². The number of aromatic nitrogens is 2. The van der Waals surface area contributed by atoms with E-state index in [4.69, 9.17) is 0 Å². The highest BCUT2D eigenvalue weighted by molar-refractivity contribution is 9.10. The maximum Gasteiger partial charge on any atom is 0.376 e. The highest BCUT2D eigenvalue weighted by Gasteiger charge is 2.27. The lowest BCUT2D eigenvalue weighted by atomic mass is 10.2.